The van der Waals surface area contributed by atoms with Crippen molar-refractivity contribution in [3.63, 3.8) is 0 Å². The molecule has 86 valence electrons. The third kappa shape index (κ3) is 2.01. The van der Waals surface area contributed by atoms with E-state index in [2.05, 4.69) is 4.98 Å². The number of halogens is 1. The molecule has 3 nitrogen and oxygen atoms in total. The van der Waals surface area contributed by atoms with Gasteiger partial charge < -0.3 is 4.74 Å². The fourth-order valence-corrected chi connectivity index (χ4v) is 1.67. The first-order valence-electron chi connectivity index (χ1n) is 5.01. The summed E-state index contributed by atoms with van der Waals surface area (Å²) in [5, 5.41) is 0. The second kappa shape index (κ2) is 4.74. The molecule has 2 rings (SSSR count). The lowest BCUT2D eigenvalue weighted by atomic mass is 10.0. The number of pyridine rings is 1. The lowest BCUT2D eigenvalue weighted by Gasteiger charge is -2.09. The average molecular weight is 231 g/mol. The molecule has 0 unspecified atom stereocenters. The maximum absolute atomic E-state index is 13.8. The first-order chi connectivity index (χ1) is 8.27. The van der Waals surface area contributed by atoms with Crippen molar-refractivity contribution in [3.8, 4) is 17.0 Å². The predicted octanol–water partition coefficient (Wildman–Crippen LogP) is 2.71. The lowest BCUT2D eigenvalue weighted by Crippen LogP contribution is -1.96. The Labute approximate surface area is 97.9 Å². The quantitative estimate of drug-likeness (QED) is 0.762. The second-order valence-electron chi connectivity index (χ2n) is 3.38. The van der Waals surface area contributed by atoms with E-state index in [4.69, 9.17) is 4.74 Å². The summed E-state index contributed by atoms with van der Waals surface area (Å²) in [6, 6.07) is 7.67. The monoisotopic (exact) mass is 231 g/mol. The number of carbonyl (C=O) groups excluding carboxylic acids is 1. The Kier molecular flexibility index (Phi) is 3.14. The fraction of sp³-hybridized carbons (Fsp3) is 0.0769. The Morgan fingerprint density at radius 1 is 1.29 bits per heavy atom. The molecular weight excluding hydrogens is 221 g/mol. The molecule has 0 saturated carbocycles. The molecule has 17 heavy (non-hydrogen) atoms. The second-order valence-corrected chi connectivity index (χ2v) is 3.38. The largest absolute Gasteiger partial charge is 0.481 e. The van der Waals surface area contributed by atoms with Crippen molar-refractivity contribution in [2.45, 2.75) is 0 Å². The van der Waals surface area contributed by atoms with E-state index in [0.29, 0.717) is 17.7 Å². The lowest BCUT2D eigenvalue weighted by molar-refractivity contribution is 0.112. The maximum Gasteiger partial charge on any atom is 0.221 e. The van der Waals surface area contributed by atoms with Gasteiger partial charge in [-0.2, -0.15) is 0 Å². The Morgan fingerprint density at radius 2 is 2.12 bits per heavy atom. The number of aromatic nitrogens is 1. The van der Waals surface area contributed by atoms with Crippen LogP contribution in [0.4, 0.5) is 4.39 Å². The Hall–Kier alpha value is -2.23. The highest BCUT2D eigenvalue weighted by Crippen LogP contribution is 2.31. The molecule has 0 N–H and O–H groups in total. The van der Waals surface area contributed by atoms with Crippen LogP contribution in [-0.2, 0) is 0 Å². The van der Waals surface area contributed by atoms with Crippen LogP contribution >= 0.6 is 0 Å². The molecule has 0 aliphatic heterocycles. The minimum absolute atomic E-state index is 0.215. The highest BCUT2D eigenvalue weighted by Gasteiger charge is 2.14. The zero-order chi connectivity index (χ0) is 12.3. The van der Waals surface area contributed by atoms with Gasteiger partial charge in [-0.3, -0.25) is 4.79 Å². The molecule has 1 heterocycles. The molecule has 1 aromatic heterocycles. The summed E-state index contributed by atoms with van der Waals surface area (Å²) in [6.07, 6.45) is 2.16. The van der Waals surface area contributed by atoms with Crippen molar-refractivity contribution < 1.29 is 13.9 Å². The van der Waals surface area contributed by atoms with E-state index >= 15 is 0 Å². The predicted molar refractivity (Wildman–Crippen MR) is 61.6 cm³/mol. The van der Waals surface area contributed by atoms with Gasteiger partial charge in [0.2, 0.25) is 5.88 Å². The molecule has 0 atom stereocenters. The maximum atomic E-state index is 13.8. The first kappa shape index (κ1) is 11.3. The van der Waals surface area contributed by atoms with Crippen molar-refractivity contribution in [1.82, 2.24) is 4.98 Å². The summed E-state index contributed by atoms with van der Waals surface area (Å²) < 4.78 is 18.9. The number of methoxy groups -OCH3 is 1. The van der Waals surface area contributed by atoms with Gasteiger partial charge in [0.05, 0.1) is 7.11 Å². The SMILES string of the molecule is COc1ncccc1-c1c(F)cccc1C=O. The molecule has 0 spiro atoms. The number of ether oxygens (including phenoxy) is 1. The zero-order valence-electron chi connectivity index (χ0n) is 9.18. The number of hydrogen-bond acceptors (Lipinski definition) is 3. The van der Waals surface area contributed by atoms with E-state index in [1.165, 1.54) is 19.2 Å². The molecule has 0 radical (unpaired) electrons. The minimum Gasteiger partial charge on any atom is -0.481 e. The van der Waals surface area contributed by atoms with Gasteiger partial charge in [0, 0.05) is 22.9 Å². The molecule has 1 aromatic carbocycles. The zero-order valence-corrected chi connectivity index (χ0v) is 9.18. The van der Waals surface area contributed by atoms with Gasteiger partial charge in [-0.25, -0.2) is 9.37 Å². The number of nitrogens with zero attached hydrogens (tertiary/aromatic N) is 1. The summed E-state index contributed by atoms with van der Waals surface area (Å²) >= 11 is 0. The van der Waals surface area contributed by atoms with Gasteiger partial charge in [-0.1, -0.05) is 12.1 Å². The number of rotatable bonds is 3. The highest BCUT2D eigenvalue weighted by molar-refractivity contribution is 5.89. The molecule has 0 aliphatic carbocycles. The van der Waals surface area contributed by atoms with E-state index in [-0.39, 0.29) is 11.1 Å². The van der Waals surface area contributed by atoms with Crippen LogP contribution in [0.5, 0.6) is 5.88 Å². The van der Waals surface area contributed by atoms with Crippen molar-refractivity contribution in [1.29, 1.82) is 0 Å². The van der Waals surface area contributed by atoms with E-state index in [1.807, 2.05) is 0 Å². The van der Waals surface area contributed by atoms with Crippen molar-refractivity contribution in [2.75, 3.05) is 7.11 Å². The van der Waals surface area contributed by atoms with Crippen molar-refractivity contribution in [2.24, 2.45) is 0 Å². The molecule has 4 heteroatoms. The van der Waals surface area contributed by atoms with E-state index in [1.54, 1.807) is 24.4 Å². The van der Waals surface area contributed by atoms with Gasteiger partial charge in [0.1, 0.15) is 5.82 Å². The standard InChI is InChI=1S/C13H10FNO2/c1-17-13-10(5-3-7-15-13)12-9(8-16)4-2-6-11(12)14/h2-8H,1H3. The molecule has 0 saturated heterocycles. The summed E-state index contributed by atoms with van der Waals surface area (Å²) in [7, 11) is 1.45. The van der Waals surface area contributed by atoms with Crippen LogP contribution in [0.15, 0.2) is 36.5 Å². The number of hydrogen-bond donors (Lipinski definition) is 0. The van der Waals surface area contributed by atoms with Crippen LogP contribution in [0.1, 0.15) is 10.4 Å². The van der Waals surface area contributed by atoms with E-state index in [9.17, 15) is 9.18 Å². The number of benzene rings is 1. The normalized spacial score (nSPS) is 10.0. The van der Waals surface area contributed by atoms with Gasteiger partial charge in [0.25, 0.3) is 0 Å². The fourth-order valence-electron chi connectivity index (χ4n) is 1.67. The van der Waals surface area contributed by atoms with Gasteiger partial charge in [0.15, 0.2) is 6.29 Å². The van der Waals surface area contributed by atoms with Crippen LogP contribution in [0.3, 0.4) is 0 Å². The number of aldehydes is 1. The minimum atomic E-state index is -0.471. The van der Waals surface area contributed by atoms with Crippen LogP contribution in [0.25, 0.3) is 11.1 Å². The van der Waals surface area contributed by atoms with E-state index in [0.717, 1.165) is 0 Å². The van der Waals surface area contributed by atoms with Crippen LogP contribution in [-0.4, -0.2) is 18.4 Å². The highest BCUT2D eigenvalue weighted by atomic mass is 19.1. The third-order valence-electron chi connectivity index (χ3n) is 2.41. The first-order valence-corrected chi connectivity index (χ1v) is 5.01. The molecule has 0 aliphatic rings. The van der Waals surface area contributed by atoms with E-state index < -0.39 is 5.82 Å². The van der Waals surface area contributed by atoms with Crippen LogP contribution < -0.4 is 4.74 Å². The van der Waals surface area contributed by atoms with Gasteiger partial charge in [-0.15, -0.1) is 0 Å². The molecule has 2 aromatic rings. The smallest absolute Gasteiger partial charge is 0.221 e. The van der Waals surface area contributed by atoms with Crippen LogP contribution in [0, 0.1) is 5.82 Å². The summed E-state index contributed by atoms with van der Waals surface area (Å²) in [5.74, 6) is -0.179. The topological polar surface area (TPSA) is 39.2 Å². The van der Waals surface area contributed by atoms with Gasteiger partial charge >= 0.3 is 0 Å². The molecular formula is C13H10FNO2. The Morgan fingerprint density at radius 3 is 2.82 bits per heavy atom. The van der Waals surface area contributed by atoms with Crippen molar-refractivity contribution >= 4 is 6.29 Å². The summed E-state index contributed by atoms with van der Waals surface area (Å²) in [5.41, 5.74) is 0.957. The molecule has 0 amide bonds. The Balaban J connectivity index is 2.71. The average Bonchev–Trinajstić information content (AvgIpc) is 2.38. The Bertz CT molecular complexity index is 555. The van der Waals surface area contributed by atoms with Gasteiger partial charge in [-0.05, 0) is 18.2 Å². The molecule has 0 bridgehead atoms. The van der Waals surface area contributed by atoms with Crippen molar-refractivity contribution in [3.05, 3.63) is 47.9 Å². The summed E-state index contributed by atoms with van der Waals surface area (Å²) in [6.45, 7) is 0. The summed E-state index contributed by atoms with van der Waals surface area (Å²) in [4.78, 5) is 14.9. The molecule has 0 fully saturated rings. The number of carbonyl (C=O) groups is 1. The third-order valence-corrected chi connectivity index (χ3v) is 2.41. The van der Waals surface area contributed by atoms with Crippen LogP contribution in [0.2, 0.25) is 0 Å².